The lowest BCUT2D eigenvalue weighted by Gasteiger charge is -2.39. The zero-order valence-electron chi connectivity index (χ0n) is 20.1. The number of quaternary nitrogens is 2. The molecular formula is C30H34N2O2+2. The first-order valence-corrected chi connectivity index (χ1v) is 12.2. The number of rotatable bonds is 7. The lowest BCUT2D eigenvalue weighted by Crippen LogP contribution is -3.32. The molecule has 2 atom stereocenters. The van der Waals surface area contributed by atoms with Gasteiger partial charge in [0.25, 0.3) is 0 Å². The molecule has 0 spiro atoms. The molecule has 0 aromatic heterocycles. The fraction of sp³-hybridized carbons (Fsp3) is 0.267. The van der Waals surface area contributed by atoms with Crippen molar-refractivity contribution >= 4 is 10.8 Å². The Hall–Kier alpha value is -3.34. The Morgan fingerprint density at radius 2 is 1.18 bits per heavy atom. The number of hydrogen-bond acceptors (Lipinski definition) is 2. The van der Waals surface area contributed by atoms with Gasteiger partial charge in [0.05, 0.1) is 32.9 Å². The molecule has 1 aliphatic heterocycles. The topological polar surface area (TPSA) is 27.3 Å². The molecule has 0 amide bonds. The van der Waals surface area contributed by atoms with Crippen molar-refractivity contribution in [1.82, 2.24) is 0 Å². The number of benzene rings is 4. The average molecular weight is 455 g/mol. The summed E-state index contributed by atoms with van der Waals surface area (Å²) in [7, 11) is 3.45. The predicted molar refractivity (Wildman–Crippen MR) is 136 cm³/mol. The highest BCUT2D eigenvalue weighted by atomic mass is 16.5. The summed E-state index contributed by atoms with van der Waals surface area (Å²) in [6, 6.07) is 32.8. The number of methoxy groups -OCH3 is 2. The Balaban J connectivity index is 1.51. The number of fused-ring (bicyclic) bond motifs is 1. The maximum Gasteiger partial charge on any atom is 0.241 e. The largest absolute Gasteiger partial charge is 0.497 e. The summed E-state index contributed by atoms with van der Waals surface area (Å²) in [5.41, 5.74) is 4.16. The molecule has 174 valence electrons. The van der Waals surface area contributed by atoms with Crippen molar-refractivity contribution in [2.75, 3.05) is 27.3 Å². The first kappa shape index (κ1) is 22.5. The van der Waals surface area contributed by atoms with Gasteiger partial charge in [-0.2, -0.15) is 0 Å². The van der Waals surface area contributed by atoms with Gasteiger partial charge in [-0.25, -0.2) is 0 Å². The minimum atomic E-state index is 0.365. The van der Waals surface area contributed by atoms with Crippen molar-refractivity contribution in [2.45, 2.75) is 25.7 Å². The highest BCUT2D eigenvalue weighted by Gasteiger charge is 2.38. The van der Waals surface area contributed by atoms with Gasteiger partial charge >= 0.3 is 0 Å². The summed E-state index contributed by atoms with van der Waals surface area (Å²) in [5, 5.41) is 2.69. The molecule has 4 heteroatoms. The van der Waals surface area contributed by atoms with E-state index < -0.39 is 0 Å². The van der Waals surface area contributed by atoms with Gasteiger partial charge in [-0.05, 0) is 65.4 Å². The lowest BCUT2D eigenvalue weighted by molar-refractivity contribution is -1.16. The second kappa shape index (κ2) is 10.3. The van der Waals surface area contributed by atoms with Crippen molar-refractivity contribution < 1.29 is 19.3 Å². The van der Waals surface area contributed by atoms with Crippen molar-refractivity contribution in [3.8, 4) is 11.5 Å². The van der Waals surface area contributed by atoms with Gasteiger partial charge in [0.2, 0.25) is 6.17 Å². The van der Waals surface area contributed by atoms with Crippen molar-refractivity contribution in [2.24, 2.45) is 0 Å². The molecule has 0 radical (unpaired) electrons. The molecule has 0 saturated carbocycles. The van der Waals surface area contributed by atoms with Crippen LogP contribution in [0.15, 0.2) is 91.0 Å². The van der Waals surface area contributed by atoms with Crippen molar-refractivity contribution in [3.63, 3.8) is 0 Å². The van der Waals surface area contributed by atoms with E-state index in [1.807, 2.05) is 0 Å². The van der Waals surface area contributed by atoms with Crippen LogP contribution >= 0.6 is 0 Å². The van der Waals surface area contributed by atoms with Crippen LogP contribution in [-0.2, 0) is 13.1 Å². The van der Waals surface area contributed by atoms with Crippen LogP contribution in [0.1, 0.15) is 29.3 Å². The van der Waals surface area contributed by atoms with Gasteiger partial charge in [0, 0.05) is 17.5 Å². The molecule has 2 N–H and O–H groups in total. The van der Waals surface area contributed by atoms with Crippen LogP contribution in [-0.4, -0.2) is 27.3 Å². The van der Waals surface area contributed by atoms with Gasteiger partial charge in [-0.1, -0.05) is 36.4 Å². The van der Waals surface area contributed by atoms with E-state index in [2.05, 4.69) is 91.0 Å². The van der Waals surface area contributed by atoms with Gasteiger partial charge in [0.15, 0.2) is 0 Å². The van der Waals surface area contributed by atoms with E-state index in [0.717, 1.165) is 24.6 Å². The Morgan fingerprint density at radius 3 is 1.74 bits per heavy atom. The lowest BCUT2D eigenvalue weighted by atomic mass is 9.98. The highest BCUT2D eigenvalue weighted by Crippen LogP contribution is 2.22. The van der Waals surface area contributed by atoms with Crippen molar-refractivity contribution in [3.05, 3.63) is 108 Å². The third kappa shape index (κ3) is 4.79. The van der Waals surface area contributed by atoms with Crippen LogP contribution in [0, 0.1) is 0 Å². The second-order valence-corrected chi connectivity index (χ2v) is 9.22. The van der Waals surface area contributed by atoms with Gasteiger partial charge < -0.3 is 9.47 Å². The predicted octanol–water partition coefficient (Wildman–Crippen LogP) is 3.43. The third-order valence-corrected chi connectivity index (χ3v) is 7.13. The summed E-state index contributed by atoms with van der Waals surface area (Å²) < 4.78 is 10.8. The van der Waals surface area contributed by atoms with Crippen LogP contribution in [0.5, 0.6) is 11.5 Å². The molecule has 2 unspecified atom stereocenters. The standard InChI is InChI=1S/C30H32N2O2/c1-33-26-15-11-23(12-16-26)21-31-19-6-20-32(22-24-13-17-27(34-2)18-14-24)30(31)29-10-5-8-25-7-3-4-9-28(25)29/h3-5,7-18,30H,6,19-22H2,1-2H3/p+2. The summed E-state index contributed by atoms with van der Waals surface area (Å²) in [6.45, 7) is 4.35. The van der Waals surface area contributed by atoms with Crippen LogP contribution in [0.25, 0.3) is 10.8 Å². The molecule has 4 aromatic carbocycles. The summed E-state index contributed by atoms with van der Waals surface area (Å²) in [4.78, 5) is 3.24. The van der Waals surface area contributed by atoms with Gasteiger partial charge in [0.1, 0.15) is 24.6 Å². The van der Waals surface area contributed by atoms with E-state index in [-0.39, 0.29) is 0 Å². The van der Waals surface area contributed by atoms with E-state index >= 15 is 0 Å². The fourth-order valence-corrected chi connectivity index (χ4v) is 5.45. The molecule has 0 bridgehead atoms. The molecule has 1 saturated heterocycles. The summed E-state index contributed by atoms with van der Waals surface area (Å²) in [6.07, 6.45) is 1.59. The maximum absolute atomic E-state index is 5.38. The quantitative estimate of drug-likeness (QED) is 0.448. The summed E-state index contributed by atoms with van der Waals surface area (Å²) in [5.74, 6) is 1.82. The Bertz CT molecular complexity index is 1160. The van der Waals surface area contributed by atoms with Crippen LogP contribution in [0.3, 0.4) is 0 Å². The molecule has 0 aliphatic carbocycles. The van der Waals surface area contributed by atoms with E-state index in [1.165, 1.54) is 47.0 Å². The maximum atomic E-state index is 5.38. The smallest absolute Gasteiger partial charge is 0.241 e. The molecule has 4 nitrogen and oxygen atoms in total. The van der Waals surface area contributed by atoms with E-state index in [9.17, 15) is 0 Å². The van der Waals surface area contributed by atoms with Crippen LogP contribution in [0.4, 0.5) is 0 Å². The molecule has 34 heavy (non-hydrogen) atoms. The van der Waals surface area contributed by atoms with E-state index in [4.69, 9.17) is 9.47 Å². The fourth-order valence-electron chi connectivity index (χ4n) is 5.45. The SMILES string of the molecule is COc1ccc(C[NH+]2CCC[NH+](Cc3ccc(OC)cc3)C2c2cccc3ccccc23)cc1. The van der Waals surface area contributed by atoms with E-state index in [1.54, 1.807) is 24.0 Å². The Morgan fingerprint density at radius 1 is 0.647 bits per heavy atom. The zero-order valence-corrected chi connectivity index (χ0v) is 20.1. The zero-order chi connectivity index (χ0) is 23.3. The first-order valence-electron chi connectivity index (χ1n) is 12.2. The molecule has 1 aliphatic rings. The van der Waals surface area contributed by atoms with Crippen LogP contribution in [0.2, 0.25) is 0 Å². The molecule has 5 rings (SSSR count). The highest BCUT2D eigenvalue weighted by molar-refractivity contribution is 5.85. The second-order valence-electron chi connectivity index (χ2n) is 9.22. The van der Waals surface area contributed by atoms with E-state index in [0.29, 0.717) is 6.17 Å². The van der Waals surface area contributed by atoms with Crippen molar-refractivity contribution in [1.29, 1.82) is 0 Å². The third-order valence-electron chi connectivity index (χ3n) is 7.13. The molecule has 1 heterocycles. The molecule has 1 fully saturated rings. The molecule has 4 aromatic rings. The minimum Gasteiger partial charge on any atom is -0.497 e. The number of hydrogen-bond donors (Lipinski definition) is 2. The normalized spacial score (nSPS) is 20.2. The van der Waals surface area contributed by atoms with Gasteiger partial charge in [-0.3, -0.25) is 9.80 Å². The monoisotopic (exact) mass is 454 g/mol. The summed E-state index contributed by atoms with van der Waals surface area (Å²) >= 11 is 0. The average Bonchev–Trinajstić information content (AvgIpc) is 2.89. The molecular weight excluding hydrogens is 420 g/mol. The Kier molecular flexibility index (Phi) is 6.79. The Labute approximate surface area is 202 Å². The number of ether oxygens (including phenoxy) is 2. The van der Waals surface area contributed by atoms with Crippen LogP contribution < -0.4 is 19.3 Å². The van der Waals surface area contributed by atoms with Gasteiger partial charge in [-0.15, -0.1) is 0 Å². The first-order chi connectivity index (χ1) is 16.7. The number of nitrogens with one attached hydrogen (secondary N) is 2. The minimum absolute atomic E-state index is 0.365.